The number of hydrogen-bond donors (Lipinski definition) is 1. The van der Waals surface area contributed by atoms with E-state index in [0.29, 0.717) is 19.0 Å². The fourth-order valence-electron chi connectivity index (χ4n) is 1.14. The molecule has 1 aliphatic heterocycles. The summed E-state index contributed by atoms with van der Waals surface area (Å²) in [5.41, 5.74) is 0. The lowest BCUT2D eigenvalue weighted by atomic mass is 10.4. The zero-order valence-electron chi connectivity index (χ0n) is 6.80. The van der Waals surface area contributed by atoms with E-state index in [-0.39, 0.29) is 5.75 Å². The molecule has 1 saturated heterocycles. The summed E-state index contributed by atoms with van der Waals surface area (Å²) in [7, 11) is 0. The molecule has 1 amide bonds. The van der Waals surface area contributed by atoms with Crippen molar-refractivity contribution in [3.8, 4) is 5.75 Å². The Morgan fingerprint density at radius 1 is 1.54 bits per heavy atom. The predicted octanol–water partition coefficient (Wildman–Crippen LogP) is 0.744. The second kappa shape index (κ2) is 2.93. The Labute approximate surface area is 74.6 Å². The van der Waals surface area contributed by atoms with E-state index in [2.05, 4.69) is 4.98 Å². The molecule has 0 unspecified atom stereocenters. The second-order valence-corrected chi connectivity index (χ2v) is 2.64. The summed E-state index contributed by atoms with van der Waals surface area (Å²) in [6.07, 6.45) is 0.902. The molecule has 5 heteroatoms. The first-order valence-electron chi connectivity index (χ1n) is 3.87. The lowest BCUT2D eigenvalue weighted by Crippen LogP contribution is -2.24. The van der Waals surface area contributed by atoms with Crippen molar-refractivity contribution >= 4 is 11.9 Å². The Hall–Kier alpha value is -1.78. The zero-order valence-corrected chi connectivity index (χ0v) is 6.80. The summed E-state index contributed by atoms with van der Waals surface area (Å²) in [6, 6.07) is 3.05. The summed E-state index contributed by atoms with van der Waals surface area (Å²) in [6.45, 7) is 0.901. The van der Waals surface area contributed by atoms with Gasteiger partial charge in [0, 0.05) is 0 Å². The Bertz CT molecular complexity index is 323. The third kappa shape index (κ3) is 1.40. The highest BCUT2D eigenvalue weighted by atomic mass is 16.6. The lowest BCUT2D eigenvalue weighted by molar-refractivity contribution is 0.181. The molecule has 13 heavy (non-hydrogen) atoms. The van der Waals surface area contributed by atoms with E-state index in [1.165, 1.54) is 17.2 Å². The van der Waals surface area contributed by atoms with E-state index in [1.54, 1.807) is 6.07 Å². The first-order chi connectivity index (χ1) is 6.27. The lowest BCUT2D eigenvalue weighted by Gasteiger charge is -2.10. The second-order valence-electron chi connectivity index (χ2n) is 2.64. The van der Waals surface area contributed by atoms with Gasteiger partial charge in [-0.1, -0.05) is 0 Å². The van der Waals surface area contributed by atoms with Crippen LogP contribution in [0.1, 0.15) is 0 Å². The van der Waals surface area contributed by atoms with Crippen LogP contribution in [0.3, 0.4) is 0 Å². The minimum atomic E-state index is -0.391. The van der Waals surface area contributed by atoms with Crippen molar-refractivity contribution < 1.29 is 14.6 Å². The van der Waals surface area contributed by atoms with Gasteiger partial charge in [0.2, 0.25) is 0 Å². The van der Waals surface area contributed by atoms with Crippen LogP contribution >= 0.6 is 0 Å². The molecule has 0 spiro atoms. The minimum Gasteiger partial charge on any atom is -0.506 e. The Morgan fingerprint density at radius 2 is 2.38 bits per heavy atom. The number of carbonyl (C=O) groups excluding carboxylic acids is 1. The Kier molecular flexibility index (Phi) is 1.77. The average molecular weight is 180 g/mol. The van der Waals surface area contributed by atoms with Gasteiger partial charge in [0.15, 0.2) is 0 Å². The summed E-state index contributed by atoms with van der Waals surface area (Å²) >= 11 is 0. The molecular weight excluding hydrogens is 172 g/mol. The Balaban J connectivity index is 2.25. The molecule has 2 rings (SSSR count). The molecule has 0 saturated carbocycles. The number of aromatic hydroxyl groups is 1. The predicted molar refractivity (Wildman–Crippen MR) is 44.6 cm³/mol. The first-order valence-corrected chi connectivity index (χ1v) is 3.87. The number of carbonyl (C=O) groups is 1. The largest absolute Gasteiger partial charge is 0.506 e. The highest BCUT2D eigenvalue weighted by Gasteiger charge is 2.24. The number of rotatable bonds is 1. The highest BCUT2D eigenvalue weighted by molar-refractivity contribution is 5.88. The SMILES string of the molecule is O=C1OCCN1c1ccc(O)cn1. The summed E-state index contributed by atoms with van der Waals surface area (Å²) < 4.78 is 4.73. The van der Waals surface area contributed by atoms with E-state index in [4.69, 9.17) is 9.84 Å². The van der Waals surface area contributed by atoms with Crippen molar-refractivity contribution in [1.82, 2.24) is 4.98 Å². The van der Waals surface area contributed by atoms with E-state index < -0.39 is 6.09 Å². The quantitative estimate of drug-likeness (QED) is 0.692. The van der Waals surface area contributed by atoms with Crippen LogP contribution in [0, 0.1) is 0 Å². The molecule has 0 atom stereocenters. The monoisotopic (exact) mass is 180 g/mol. The van der Waals surface area contributed by atoms with Crippen molar-refractivity contribution in [3.63, 3.8) is 0 Å². The number of ether oxygens (including phenoxy) is 1. The van der Waals surface area contributed by atoms with Gasteiger partial charge in [-0.2, -0.15) is 0 Å². The zero-order chi connectivity index (χ0) is 9.26. The number of nitrogens with zero attached hydrogens (tertiary/aromatic N) is 2. The van der Waals surface area contributed by atoms with E-state index in [9.17, 15) is 4.79 Å². The summed E-state index contributed by atoms with van der Waals surface area (Å²) in [4.78, 5) is 16.4. The van der Waals surface area contributed by atoms with Gasteiger partial charge < -0.3 is 9.84 Å². The van der Waals surface area contributed by atoms with Crippen LogP contribution in [0.15, 0.2) is 18.3 Å². The van der Waals surface area contributed by atoms with E-state index >= 15 is 0 Å². The van der Waals surface area contributed by atoms with Crippen LogP contribution in [-0.2, 0) is 4.74 Å². The normalized spacial score (nSPS) is 16.0. The number of cyclic esters (lactones) is 1. The van der Waals surface area contributed by atoms with Gasteiger partial charge in [-0.3, -0.25) is 4.90 Å². The number of aromatic nitrogens is 1. The smallest absolute Gasteiger partial charge is 0.415 e. The summed E-state index contributed by atoms with van der Waals surface area (Å²) in [5.74, 6) is 0.580. The molecule has 0 aliphatic carbocycles. The minimum absolute atomic E-state index is 0.0799. The molecule has 5 nitrogen and oxygen atoms in total. The third-order valence-electron chi connectivity index (χ3n) is 1.77. The maximum absolute atomic E-state index is 11.1. The number of amides is 1. The van der Waals surface area contributed by atoms with Crippen molar-refractivity contribution in [3.05, 3.63) is 18.3 Å². The third-order valence-corrected chi connectivity index (χ3v) is 1.77. The van der Waals surface area contributed by atoms with Gasteiger partial charge in [0.25, 0.3) is 0 Å². The molecule has 0 radical (unpaired) electrons. The fraction of sp³-hybridized carbons (Fsp3) is 0.250. The molecule has 0 aromatic carbocycles. The Morgan fingerprint density at radius 3 is 2.92 bits per heavy atom. The fourth-order valence-corrected chi connectivity index (χ4v) is 1.14. The van der Waals surface area contributed by atoms with Gasteiger partial charge in [-0.15, -0.1) is 0 Å². The number of hydrogen-bond acceptors (Lipinski definition) is 4. The van der Waals surface area contributed by atoms with Crippen LogP contribution in [0.5, 0.6) is 5.75 Å². The van der Waals surface area contributed by atoms with Crippen molar-refractivity contribution in [2.75, 3.05) is 18.1 Å². The number of pyridine rings is 1. The number of anilines is 1. The van der Waals surface area contributed by atoms with Crippen molar-refractivity contribution in [2.24, 2.45) is 0 Å². The molecular formula is C8H8N2O3. The maximum atomic E-state index is 11.1. The first kappa shape index (κ1) is 7.85. The van der Waals surface area contributed by atoms with E-state index in [0.717, 1.165) is 0 Å². The van der Waals surface area contributed by atoms with Gasteiger partial charge in [0.05, 0.1) is 12.7 Å². The molecule has 68 valence electrons. The standard InChI is InChI=1S/C8H8N2O3/c11-6-1-2-7(9-5-6)10-3-4-13-8(10)12/h1-2,5,11H,3-4H2. The van der Waals surface area contributed by atoms with Gasteiger partial charge in [-0.05, 0) is 12.1 Å². The van der Waals surface area contributed by atoms with Crippen LogP contribution in [0.4, 0.5) is 10.6 Å². The van der Waals surface area contributed by atoms with E-state index in [1.807, 2.05) is 0 Å². The molecule has 1 aliphatic rings. The van der Waals surface area contributed by atoms with Crippen molar-refractivity contribution in [1.29, 1.82) is 0 Å². The van der Waals surface area contributed by atoms with Gasteiger partial charge in [-0.25, -0.2) is 9.78 Å². The van der Waals surface area contributed by atoms with Crippen LogP contribution in [-0.4, -0.2) is 29.3 Å². The van der Waals surface area contributed by atoms with Gasteiger partial charge >= 0.3 is 6.09 Å². The van der Waals surface area contributed by atoms with Crippen molar-refractivity contribution in [2.45, 2.75) is 0 Å². The maximum Gasteiger partial charge on any atom is 0.415 e. The van der Waals surface area contributed by atoms with Crippen LogP contribution in [0.2, 0.25) is 0 Å². The molecule has 1 N–H and O–H groups in total. The summed E-state index contributed by atoms with van der Waals surface area (Å²) in [5, 5.41) is 8.97. The van der Waals surface area contributed by atoms with Gasteiger partial charge in [0.1, 0.15) is 18.2 Å². The topological polar surface area (TPSA) is 62.7 Å². The molecule has 1 aromatic rings. The van der Waals surface area contributed by atoms with Crippen LogP contribution in [0.25, 0.3) is 0 Å². The highest BCUT2D eigenvalue weighted by Crippen LogP contribution is 2.17. The molecule has 2 heterocycles. The van der Waals surface area contributed by atoms with Crippen LogP contribution < -0.4 is 4.90 Å². The average Bonchev–Trinajstić information content (AvgIpc) is 2.53. The molecule has 0 bridgehead atoms. The molecule has 1 fully saturated rings. The molecule has 1 aromatic heterocycles.